The third-order valence-electron chi connectivity index (χ3n) is 2.12. The Morgan fingerprint density at radius 2 is 2.50 bits per heavy atom. The van der Waals surface area contributed by atoms with Gasteiger partial charge in [-0.1, -0.05) is 0 Å². The number of nitrogens with zero attached hydrogens (tertiary/aromatic N) is 1. The molecule has 0 aromatic carbocycles. The van der Waals surface area contributed by atoms with Crippen LogP contribution in [0.3, 0.4) is 0 Å². The van der Waals surface area contributed by atoms with E-state index in [-0.39, 0.29) is 5.91 Å². The van der Waals surface area contributed by atoms with Crippen molar-refractivity contribution in [2.75, 3.05) is 26.5 Å². The zero-order chi connectivity index (χ0) is 8.39. The Morgan fingerprint density at radius 3 is 3.08 bits per heavy atom. The lowest BCUT2D eigenvalue weighted by molar-refractivity contribution is -0.132. The van der Waals surface area contributed by atoms with Crippen molar-refractivity contribution in [1.29, 1.82) is 0 Å². The van der Waals surface area contributed by atoms with E-state index >= 15 is 0 Å². The van der Waals surface area contributed by atoms with E-state index in [9.17, 15) is 4.79 Å². The third kappa shape index (κ3) is 1.95. The van der Waals surface area contributed by atoms with Crippen LogP contribution in [0.4, 0.5) is 0 Å². The number of rotatable bonds is 4. The van der Waals surface area contributed by atoms with E-state index in [1.807, 2.05) is 0 Å². The van der Waals surface area contributed by atoms with Crippen LogP contribution < -0.4 is 0 Å². The highest BCUT2D eigenvalue weighted by molar-refractivity contribution is 5.77. The molecular formula is C8H13NO3. The maximum Gasteiger partial charge on any atom is 0.224 e. The zero-order valence-corrected chi connectivity index (χ0v) is 6.99. The molecule has 0 saturated carbocycles. The molecule has 1 unspecified atom stereocenters. The number of amides is 1. The maximum atomic E-state index is 11.1. The van der Waals surface area contributed by atoms with Crippen LogP contribution in [0.25, 0.3) is 0 Å². The lowest BCUT2D eigenvalue weighted by Crippen LogP contribution is -2.28. The summed E-state index contributed by atoms with van der Waals surface area (Å²) in [6, 6.07) is 0. The van der Waals surface area contributed by atoms with Gasteiger partial charge in [0.15, 0.2) is 0 Å². The summed E-state index contributed by atoms with van der Waals surface area (Å²) in [7, 11) is 0. The number of carbonyl (C=O) groups excluding carboxylic acids is 1. The van der Waals surface area contributed by atoms with Crippen molar-refractivity contribution in [2.24, 2.45) is 0 Å². The van der Waals surface area contributed by atoms with Crippen molar-refractivity contribution in [1.82, 2.24) is 4.90 Å². The minimum atomic E-state index is 0.215. The highest BCUT2D eigenvalue weighted by Crippen LogP contribution is 2.11. The molecule has 12 heavy (non-hydrogen) atoms. The minimum Gasteiger partial charge on any atom is -0.371 e. The monoisotopic (exact) mass is 171 g/mol. The molecule has 1 amide bonds. The number of likely N-dealkylation sites (tertiary alicyclic amines) is 1. The van der Waals surface area contributed by atoms with Gasteiger partial charge in [-0.3, -0.25) is 4.79 Å². The standard InChI is InChI=1S/C8H13NO3/c10-8-2-1-3-9(8)6-11-4-7-5-12-7/h7H,1-6H2. The van der Waals surface area contributed by atoms with Crippen molar-refractivity contribution < 1.29 is 14.3 Å². The number of hydrogen-bond donors (Lipinski definition) is 0. The van der Waals surface area contributed by atoms with Crippen molar-refractivity contribution >= 4 is 5.91 Å². The number of hydrogen-bond acceptors (Lipinski definition) is 3. The molecule has 2 aliphatic heterocycles. The molecular weight excluding hydrogens is 158 g/mol. The Balaban J connectivity index is 1.61. The van der Waals surface area contributed by atoms with Gasteiger partial charge in [0.2, 0.25) is 5.91 Å². The normalized spacial score (nSPS) is 28.2. The Bertz CT molecular complexity index is 179. The molecule has 0 bridgehead atoms. The van der Waals surface area contributed by atoms with Gasteiger partial charge in [-0.2, -0.15) is 0 Å². The van der Waals surface area contributed by atoms with E-state index in [1.54, 1.807) is 4.90 Å². The van der Waals surface area contributed by atoms with Crippen LogP contribution >= 0.6 is 0 Å². The van der Waals surface area contributed by atoms with Crippen molar-refractivity contribution in [3.63, 3.8) is 0 Å². The molecule has 0 aliphatic carbocycles. The van der Waals surface area contributed by atoms with Crippen molar-refractivity contribution in [3.8, 4) is 0 Å². The van der Waals surface area contributed by atoms with E-state index in [0.29, 0.717) is 25.9 Å². The third-order valence-corrected chi connectivity index (χ3v) is 2.12. The van der Waals surface area contributed by atoms with Crippen LogP contribution in [0.2, 0.25) is 0 Å². The Morgan fingerprint density at radius 1 is 1.67 bits per heavy atom. The first-order valence-corrected chi connectivity index (χ1v) is 4.33. The van der Waals surface area contributed by atoms with Crippen LogP contribution in [-0.2, 0) is 14.3 Å². The molecule has 2 heterocycles. The summed E-state index contributed by atoms with van der Waals surface area (Å²) in [6.45, 7) is 2.74. The molecule has 0 aromatic rings. The van der Waals surface area contributed by atoms with Gasteiger partial charge in [0.05, 0.1) is 13.2 Å². The SMILES string of the molecule is O=C1CCCN1COCC1CO1. The van der Waals surface area contributed by atoms with Gasteiger partial charge in [-0.15, -0.1) is 0 Å². The van der Waals surface area contributed by atoms with Crippen molar-refractivity contribution in [2.45, 2.75) is 18.9 Å². The fourth-order valence-corrected chi connectivity index (χ4v) is 1.30. The molecule has 4 heteroatoms. The molecule has 1 atom stereocenters. The number of epoxide rings is 1. The average molecular weight is 171 g/mol. The van der Waals surface area contributed by atoms with E-state index in [0.717, 1.165) is 19.6 Å². The first-order chi connectivity index (χ1) is 5.86. The summed E-state index contributed by atoms with van der Waals surface area (Å²) < 4.78 is 10.3. The van der Waals surface area contributed by atoms with E-state index in [2.05, 4.69) is 0 Å². The van der Waals surface area contributed by atoms with E-state index in [1.165, 1.54) is 0 Å². The molecule has 0 radical (unpaired) electrons. The minimum absolute atomic E-state index is 0.215. The second-order valence-corrected chi connectivity index (χ2v) is 3.22. The fraction of sp³-hybridized carbons (Fsp3) is 0.875. The van der Waals surface area contributed by atoms with Crippen LogP contribution in [0.15, 0.2) is 0 Å². The average Bonchev–Trinajstić information content (AvgIpc) is 2.78. The molecule has 68 valence electrons. The van der Waals surface area contributed by atoms with Crippen LogP contribution in [0, 0.1) is 0 Å². The number of carbonyl (C=O) groups is 1. The Hall–Kier alpha value is -0.610. The molecule has 0 aromatic heterocycles. The Kier molecular flexibility index (Phi) is 2.28. The zero-order valence-electron chi connectivity index (χ0n) is 6.99. The highest BCUT2D eigenvalue weighted by Gasteiger charge is 2.24. The summed E-state index contributed by atoms with van der Waals surface area (Å²) in [5.41, 5.74) is 0. The summed E-state index contributed by atoms with van der Waals surface area (Å²) in [5.74, 6) is 0.215. The summed E-state index contributed by atoms with van der Waals surface area (Å²) >= 11 is 0. The molecule has 2 fully saturated rings. The summed E-state index contributed by atoms with van der Waals surface area (Å²) in [6.07, 6.45) is 1.95. The second kappa shape index (κ2) is 3.41. The van der Waals surface area contributed by atoms with Gasteiger partial charge >= 0.3 is 0 Å². The van der Waals surface area contributed by atoms with Gasteiger partial charge < -0.3 is 14.4 Å². The summed E-state index contributed by atoms with van der Waals surface area (Å²) in [4.78, 5) is 12.8. The second-order valence-electron chi connectivity index (χ2n) is 3.22. The molecule has 4 nitrogen and oxygen atoms in total. The quantitative estimate of drug-likeness (QED) is 0.558. The lowest BCUT2D eigenvalue weighted by Gasteiger charge is -2.14. The van der Waals surface area contributed by atoms with Gasteiger partial charge in [0.1, 0.15) is 12.8 Å². The predicted octanol–water partition coefficient (Wildman–Crippen LogP) is -0.0183. The number of ether oxygens (including phenoxy) is 2. The summed E-state index contributed by atoms with van der Waals surface area (Å²) in [5, 5.41) is 0. The fourth-order valence-electron chi connectivity index (χ4n) is 1.30. The first kappa shape index (κ1) is 8.01. The van der Waals surface area contributed by atoms with E-state index < -0.39 is 0 Å². The van der Waals surface area contributed by atoms with Gasteiger partial charge in [-0.25, -0.2) is 0 Å². The van der Waals surface area contributed by atoms with Crippen LogP contribution in [0.5, 0.6) is 0 Å². The molecule has 2 aliphatic rings. The molecule has 2 rings (SSSR count). The topological polar surface area (TPSA) is 42.1 Å². The largest absolute Gasteiger partial charge is 0.371 e. The highest BCUT2D eigenvalue weighted by atomic mass is 16.6. The smallest absolute Gasteiger partial charge is 0.224 e. The van der Waals surface area contributed by atoms with Crippen LogP contribution in [-0.4, -0.2) is 43.4 Å². The van der Waals surface area contributed by atoms with E-state index in [4.69, 9.17) is 9.47 Å². The van der Waals surface area contributed by atoms with Crippen LogP contribution in [0.1, 0.15) is 12.8 Å². The first-order valence-electron chi connectivity index (χ1n) is 4.33. The predicted molar refractivity (Wildman–Crippen MR) is 41.5 cm³/mol. The van der Waals surface area contributed by atoms with Gasteiger partial charge in [0.25, 0.3) is 0 Å². The molecule has 2 saturated heterocycles. The van der Waals surface area contributed by atoms with Crippen molar-refractivity contribution in [3.05, 3.63) is 0 Å². The molecule has 0 N–H and O–H groups in total. The van der Waals surface area contributed by atoms with Gasteiger partial charge in [-0.05, 0) is 6.42 Å². The molecule has 0 spiro atoms. The lowest BCUT2D eigenvalue weighted by atomic mass is 10.4. The van der Waals surface area contributed by atoms with Gasteiger partial charge in [0, 0.05) is 13.0 Å². The maximum absolute atomic E-state index is 11.1. The Labute approximate surface area is 71.4 Å².